The molecule has 2 aromatic heterocycles. The number of benzene rings is 4. The van der Waals surface area contributed by atoms with Crippen LogP contribution in [0.1, 0.15) is 0 Å². The summed E-state index contributed by atoms with van der Waals surface area (Å²) in [4.78, 5) is 14.4. The van der Waals surface area contributed by atoms with Crippen LogP contribution in [0.2, 0.25) is 0 Å². The summed E-state index contributed by atoms with van der Waals surface area (Å²) in [7, 11) is 0. The first-order chi connectivity index (χ1) is 16.3. The lowest BCUT2D eigenvalue weighted by Gasteiger charge is -2.09. The predicted molar refractivity (Wildman–Crippen MR) is 129 cm³/mol. The van der Waals surface area contributed by atoms with Crippen LogP contribution in [0.15, 0.2) is 109 Å². The third kappa shape index (κ3) is 3.64. The lowest BCUT2D eigenvalue weighted by atomic mass is 10.1. The molecule has 0 fully saturated rings. The molecule has 0 bridgehead atoms. The second-order valence-corrected chi connectivity index (χ2v) is 7.58. The summed E-state index contributed by atoms with van der Waals surface area (Å²) in [5, 5.41) is 8.62. The maximum atomic E-state index is 4.82. The molecule has 0 amide bonds. The Kier molecular flexibility index (Phi) is 4.66. The van der Waals surface area contributed by atoms with Gasteiger partial charge in [0.1, 0.15) is 5.52 Å². The highest BCUT2D eigenvalue weighted by atomic mass is 15.4. The van der Waals surface area contributed by atoms with Gasteiger partial charge in [0, 0.05) is 16.7 Å². The Labute approximate surface area is 190 Å². The van der Waals surface area contributed by atoms with Gasteiger partial charge in [0.15, 0.2) is 17.5 Å². The van der Waals surface area contributed by atoms with Crippen molar-refractivity contribution < 1.29 is 0 Å². The van der Waals surface area contributed by atoms with E-state index in [-0.39, 0.29) is 0 Å². The molecule has 0 N–H and O–H groups in total. The van der Waals surface area contributed by atoms with Gasteiger partial charge in [-0.05, 0) is 24.3 Å². The van der Waals surface area contributed by atoms with Crippen molar-refractivity contribution in [3.63, 3.8) is 0 Å². The first-order valence-corrected chi connectivity index (χ1v) is 10.6. The molecular weight excluding hydrogens is 408 g/mol. The van der Waals surface area contributed by atoms with Gasteiger partial charge in [-0.3, -0.25) is 0 Å². The minimum atomic E-state index is 0.606. The molecule has 2 heterocycles. The second kappa shape index (κ2) is 8.09. The van der Waals surface area contributed by atoms with Gasteiger partial charge >= 0.3 is 0 Å². The zero-order valence-electron chi connectivity index (χ0n) is 17.6. The lowest BCUT2D eigenvalue weighted by molar-refractivity contribution is 0.824. The van der Waals surface area contributed by atoms with E-state index >= 15 is 0 Å². The van der Waals surface area contributed by atoms with E-state index in [1.807, 2.05) is 114 Å². The van der Waals surface area contributed by atoms with Crippen LogP contribution >= 0.6 is 0 Å². The molecule has 0 aliphatic carbocycles. The minimum Gasteiger partial charge on any atom is -0.213 e. The summed E-state index contributed by atoms with van der Waals surface area (Å²) >= 11 is 0. The number of hydrogen-bond acceptors (Lipinski definition) is 5. The van der Waals surface area contributed by atoms with Crippen LogP contribution in [0.25, 0.3) is 50.9 Å². The molecule has 0 radical (unpaired) electrons. The monoisotopic (exact) mass is 426 g/mol. The lowest BCUT2D eigenvalue weighted by Crippen LogP contribution is -2.01. The largest absolute Gasteiger partial charge is 0.213 e. The molecule has 0 saturated carbocycles. The standard InChI is InChI=1S/C27H18N6/c1-3-10-19(11-4-1)25-28-26(20-12-5-2-6-13-20)30-27(29-25)21-14-9-15-22(18-21)33-24-17-8-7-16-23(24)31-32-33/h1-18H. The summed E-state index contributed by atoms with van der Waals surface area (Å²) in [5.41, 5.74) is 5.45. The van der Waals surface area contributed by atoms with Crippen LogP contribution in [0, 0.1) is 0 Å². The van der Waals surface area contributed by atoms with Gasteiger partial charge in [-0.1, -0.05) is 90.1 Å². The fourth-order valence-corrected chi connectivity index (χ4v) is 3.77. The van der Waals surface area contributed by atoms with Crippen molar-refractivity contribution in [2.75, 3.05) is 0 Å². The molecule has 33 heavy (non-hydrogen) atoms. The van der Waals surface area contributed by atoms with Crippen molar-refractivity contribution in [2.45, 2.75) is 0 Å². The van der Waals surface area contributed by atoms with E-state index in [0.717, 1.165) is 33.4 Å². The van der Waals surface area contributed by atoms with Crippen LogP contribution < -0.4 is 0 Å². The number of hydrogen-bond donors (Lipinski definition) is 0. The number of fused-ring (bicyclic) bond motifs is 1. The Hall–Kier alpha value is -4.71. The van der Waals surface area contributed by atoms with Crippen molar-refractivity contribution in [1.29, 1.82) is 0 Å². The van der Waals surface area contributed by atoms with E-state index < -0.39 is 0 Å². The fraction of sp³-hybridized carbons (Fsp3) is 0. The second-order valence-electron chi connectivity index (χ2n) is 7.58. The van der Waals surface area contributed by atoms with Crippen molar-refractivity contribution in [3.05, 3.63) is 109 Å². The quantitative estimate of drug-likeness (QED) is 0.367. The first-order valence-electron chi connectivity index (χ1n) is 10.6. The first kappa shape index (κ1) is 19.0. The van der Waals surface area contributed by atoms with Crippen molar-refractivity contribution in [3.8, 4) is 39.9 Å². The van der Waals surface area contributed by atoms with E-state index in [4.69, 9.17) is 15.0 Å². The SMILES string of the molecule is c1ccc(-c2nc(-c3ccccc3)nc(-c3cccc(-n4nnc5ccccc54)c3)n2)cc1. The van der Waals surface area contributed by atoms with Crippen molar-refractivity contribution in [2.24, 2.45) is 0 Å². The van der Waals surface area contributed by atoms with Crippen molar-refractivity contribution in [1.82, 2.24) is 29.9 Å². The zero-order chi connectivity index (χ0) is 22.0. The molecule has 4 aromatic carbocycles. The molecule has 0 atom stereocenters. The zero-order valence-corrected chi connectivity index (χ0v) is 17.6. The molecule has 0 aliphatic rings. The van der Waals surface area contributed by atoms with E-state index in [9.17, 15) is 0 Å². The van der Waals surface area contributed by atoms with Crippen LogP contribution in [0.5, 0.6) is 0 Å². The Balaban J connectivity index is 1.51. The molecule has 0 spiro atoms. The summed E-state index contributed by atoms with van der Waals surface area (Å²) in [6.45, 7) is 0. The van der Waals surface area contributed by atoms with Crippen LogP contribution in [-0.2, 0) is 0 Å². The number of aromatic nitrogens is 6. The minimum absolute atomic E-state index is 0.606. The molecule has 0 aliphatic heterocycles. The molecule has 6 nitrogen and oxygen atoms in total. The van der Waals surface area contributed by atoms with Gasteiger partial charge in [0.05, 0.1) is 11.2 Å². The summed E-state index contributed by atoms with van der Waals surface area (Å²) in [5.74, 6) is 1.88. The maximum Gasteiger partial charge on any atom is 0.164 e. The van der Waals surface area contributed by atoms with Gasteiger partial charge in [-0.15, -0.1) is 5.10 Å². The molecule has 156 valence electrons. The molecular formula is C27H18N6. The van der Waals surface area contributed by atoms with E-state index in [2.05, 4.69) is 10.3 Å². The number of para-hydroxylation sites is 1. The fourth-order valence-electron chi connectivity index (χ4n) is 3.77. The Morgan fingerprint density at radius 2 is 1.03 bits per heavy atom. The van der Waals surface area contributed by atoms with E-state index in [0.29, 0.717) is 17.5 Å². The molecule has 6 heteroatoms. The van der Waals surface area contributed by atoms with Gasteiger partial charge < -0.3 is 0 Å². The number of nitrogens with zero attached hydrogens (tertiary/aromatic N) is 6. The van der Waals surface area contributed by atoms with Crippen LogP contribution in [-0.4, -0.2) is 29.9 Å². The highest BCUT2D eigenvalue weighted by molar-refractivity contribution is 5.76. The van der Waals surface area contributed by atoms with Crippen LogP contribution in [0.4, 0.5) is 0 Å². The smallest absolute Gasteiger partial charge is 0.164 e. The predicted octanol–water partition coefficient (Wildman–Crippen LogP) is 5.61. The Bertz CT molecular complexity index is 1500. The molecule has 6 rings (SSSR count). The summed E-state index contributed by atoms with van der Waals surface area (Å²) in [6.07, 6.45) is 0. The summed E-state index contributed by atoms with van der Waals surface area (Å²) in [6, 6.07) is 35.8. The molecule has 0 saturated heterocycles. The van der Waals surface area contributed by atoms with Gasteiger partial charge in [0.2, 0.25) is 0 Å². The third-order valence-electron chi connectivity index (χ3n) is 5.40. The van der Waals surface area contributed by atoms with Gasteiger partial charge in [0.25, 0.3) is 0 Å². The summed E-state index contributed by atoms with van der Waals surface area (Å²) < 4.78 is 1.83. The van der Waals surface area contributed by atoms with Gasteiger partial charge in [-0.2, -0.15) is 0 Å². The number of rotatable bonds is 4. The van der Waals surface area contributed by atoms with Crippen molar-refractivity contribution >= 4 is 11.0 Å². The maximum absolute atomic E-state index is 4.82. The topological polar surface area (TPSA) is 69.4 Å². The third-order valence-corrected chi connectivity index (χ3v) is 5.40. The molecule has 0 unspecified atom stereocenters. The van der Waals surface area contributed by atoms with Crippen LogP contribution in [0.3, 0.4) is 0 Å². The normalized spacial score (nSPS) is 11.0. The molecule has 6 aromatic rings. The highest BCUT2D eigenvalue weighted by Crippen LogP contribution is 2.26. The van der Waals surface area contributed by atoms with E-state index in [1.165, 1.54) is 0 Å². The average molecular weight is 426 g/mol. The Morgan fingerprint density at radius 1 is 0.485 bits per heavy atom. The van der Waals surface area contributed by atoms with Gasteiger partial charge in [-0.25, -0.2) is 19.6 Å². The highest BCUT2D eigenvalue weighted by Gasteiger charge is 2.13. The average Bonchev–Trinajstić information content (AvgIpc) is 3.34. The Morgan fingerprint density at radius 3 is 1.70 bits per heavy atom. The van der Waals surface area contributed by atoms with E-state index in [1.54, 1.807) is 0 Å².